The van der Waals surface area contributed by atoms with Crippen LogP contribution in [0.15, 0.2) is 16.8 Å². The third kappa shape index (κ3) is 3.51. The van der Waals surface area contributed by atoms with Crippen LogP contribution >= 0.6 is 0 Å². The van der Waals surface area contributed by atoms with Crippen molar-refractivity contribution in [2.24, 2.45) is 0 Å². The van der Waals surface area contributed by atoms with Crippen LogP contribution in [-0.2, 0) is 21.2 Å². The maximum Gasteiger partial charge on any atom is 0.257 e. The monoisotopic (exact) mass is 408 g/mol. The Kier molecular flexibility index (Phi) is 5.35. The number of aromatic nitrogens is 2. The van der Waals surface area contributed by atoms with Gasteiger partial charge in [0.05, 0.1) is 35.1 Å². The zero-order chi connectivity index (χ0) is 19.7. The third-order valence-corrected chi connectivity index (χ3v) is 7.71. The number of carbonyl (C=O) groups excluding carboxylic acids is 1. The number of morpholine rings is 1. The van der Waals surface area contributed by atoms with Crippen LogP contribution in [-0.4, -0.2) is 78.3 Å². The van der Waals surface area contributed by atoms with Crippen molar-refractivity contribution < 1.29 is 22.5 Å². The number of fused-ring (bicyclic) bond motifs is 1. The largest absolute Gasteiger partial charge is 0.379 e. The summed E-state index contributed by atoms with van der Waals surface area (Å²) in [6, 6.07) is 1.74. The fraction of sp³-hybridized carbons (Fsp3) is 0.611. The van der Waals surface area contributed by atoms with E-state index in [0.29, 0.717) is 63.4 Å². The first-order chi connectivity index (χ1) is 13.5. The number of carbonyl (C=O) groups is 1. The van der Waals surface area contributed by atoms with Gasteiger partial charge in [-0.05, 0) is 25.3 Å². The molecule has 0 unspecified atom stereocenters. The van der Waals surface area contributed by atoms with Crippen molar-refractivity contribution in [1.29, 1.82) is 0 Å². The second-order valence-electron chi connectivity index (χ2n) is 7.13. The molecule has 1 amide bonds. The lowest BCUT2D eigenvalue weighted by atomic mass is 10.1. The normalized spacial score (nSPS) is 21.9. The standard InChI is InChI=1S/C18H24N4O5S/c1-2-16-15-10-13(11-19-17(15)27-20-16)18(23)21-5-3-4-14(12-21)28(24,25)22-6-8-26-9-7-22/h10-11,14H,2-9,12H2,1H3/t14-/m0/s1. The molecule has 2 saturated heterocycles. The van der Waals surface area contributed by atoms with Gasteiger partial charge in [-0.15, -0.1) is 0 Å². The highest BCUT2D eigenvalue weighted by atomic mass is 32.2. The molecular weight excluding hydrogens is 384 g/mol. The number of hydrogen-bond acceptors (Lipinski definition) is 7. The summed E-state index contributed by atoms with van der Waals surface area (Å²) in [5.41, 5.74) is 1.58. The van der Waals surface area contributed by atoms with Gasteiger partial charge in [-0.1, -0.05) is 12.1 Å². The molecule has 2 aromatic rings. The summed E-state index contributed by atoms with van der Waals surface area (Å²) in [6.07, 6.45) is 3.36. The third-order valence-electron chi connectivity index (χ3n) is 5.40. The van der Waals surface area contributed by atoms with Gasteiger partial charge in [0, 0.05) is 32.4 Å². The number of nitrogens with zero attached hydrogens (tertiary/aromatic N) is 4. The predicted octanol–water partition coefficient (Wildman–Crippen LogP) is 1.05. The van der Waals surface area contributed by atoms with E-state index < -0.39 is 15.3 Å². The number of sulfonamides is 1. The number of rotatable bonds is 4. The second kappa shape index (κ2) is 7.76. The van der Waals surface area contributed by atoms with E-state index in [0.717, 1.165) is 11.1 Å². The fourth-order valence-corrected chi connectivity index (χ4v) is 5.72. The van der Waals surface area contributed by atoms with E-state index in [2.05, 4.69) is 10.1 Å². The smallest absolute Gasteiger partial charge is 0.257 e. The molecule has 4 heterocycles. The molecule has 10 heteroatoms. The minimum Gasteiger partial charge on any atom is -0.379 e. The Hall–Kier alpha value is -2.04. The molecule has 9 nitrogen and oxygen atoms in total. The maximum absolute atomic E-state index is 13.0. The maximum atomic E-state index is 13.0. The molecule has 2 fully saturated rings. The first-order valence-corrected chi connectivity index (χ1v) is 11.1. The molecule has 0 N–H and O–H groups in total. The van der Waals surface area contributed by atoms with Crippen LogP contribution in [0.25, 0.3) is 11.1 Å². The lowest BCUT2D eigenvalue weighted by Gasteiger charge is -2.36. The average molecular weight is 408 g/mol. The van der Waals surface area contributed by atoms with E-state index in [-0.39, 0.29) is 12.5 Å². The van der Waals surface area contributed by atoms with E-state index >= 15 is 0 Å². The van der Waals surface area contributed by atoms with E-state index in [1.807, 2.05) is 6.92 Å². The predicted molar refractivity (Wildman–Crippen MR) is 101 cm³/mol. The van der Waals surface area contributed by atoms with Crippen LogP contribution in [0.5, 0.6) is 0 Å². The molecule has 0 bridgehead atoms. The van der Waals surface area contributed by atoms with Gasteiger partial charge in [-0.2, -0.15) is 4.31 Å². The Morgan fingerprint density at radius 1 is 1.29 bits per heavy atom. The zero-order valence-corrected chi connectivity index (χ0v) is 16.7. The van der Waals surface area contributed by atoms with Gasteiger partial charge in [0.2, 0.25) is 10.0 Å². The Balaban J connectivity index is 1.53. The second-order valence-corrected chi connectivity index (χ2v) is 9.34. The van der Waals surface area contributed by atoms with Crippen LogP contribution in [0, 0.1) is 0 Å². The van der Waals surface area contributed by atoms with Crippen LogP contribution < -0.4 is 0 Å². The molecule has 1 atom stereocenters. The van der Waals surface area contributed by atoms with E-state index in [9.17, 15) is 13.2 Å². The quantitative estimate of drug-likeness (QED) is 0.744. The summed E-state index contributed by atoms with van der Waals surface area (Å²) in [5.74, 6) is -0.209. The molecule has 0 spiro atoms. The molecule has 152 valence electrons. The van der Waals surface area contributed by atoms with Gasteiger partial charge in [0.15, 0.2) is 0 Å². The number of aryl methyl sites for hydroxylation is 1. The van der Waals surface area contributed by atoms with E-state index in [4.69, 9.17) is 9.26 Å². The molecular formula is C18H24N4O5S. The topological polar surface area (TPSA) is 106 Å². The summed E-state index contributed by atoms with van der Waals surface area (Å²) in [5, 5.41) is 4.11. The molecule has 0 aromatic carbocycles. The summed E-state index contributed by atoms with van der Waals surface area (Å²) >= 11 is 0. The highest BCUT2D eigenvalue weighted by molar-refractivity contribution is 7.89. The number of hydrogen-bond donors (Lipinski definition) is 0. The molecule has 0 saturated carbocycles. The highest BCUT2D eigenvalue weighted by Crippen LogP contribution is 2.24. The van der Waals surface area contributed by atoms with Gasteiger partial charge in [0.1, 0.15) is 0 Å². The highest BCUT2D eigenvalue weighted by Gasteiger charge is 2.37. The van der Waals surface area contributed by atoms with Gasteiger partial charge in [-0.25, -0.2) is 13.4 Å². The van der Waals surface area contributed by atoms with Crippen LogP contribution in [0.2, 0.25) is 0 Å². The number of piperidine rings is 1. The zero-order valence-electron chi connectivity index (χ0n) is 15.8. The Morgan fingerprint density at radius 3 is 2.82 bits per heavy atom. The molecule has 28 heavy (non-hydrogen) atoms. The lowest BCUT2D eigenvalue weighted by Crippen LogP contribution is -2.51. The average Bonchev–Trinajstić information content (AvgIpc) is 3.16. The Morgan fingerprint density at radius 2 is 2.07 bits per heavy atom. The molecule has 0 radical (unpaired) electrons. The minimum absolute atomic E-state index is 0.195. The summed E-state index contributed by atoms with van der Waals surface area (Å²) in [6.45, 7) is 4.27. The SMILES string of the molecule is CCc1noc2ncc(C(=O)N3CCC[C@H](S(=O)(=O)N4CCOCC4)C3)cc12. The Labute approximate surface area is 163 Å². The van der Waals surface area contributed by atoms with Gasteiger partial charge in [0.25, 0.3) is 11.6 Å². The molecule has 2 aromatic heterocycles. The van der Waals surface area contributed by atoms with E-state index in [1.54, 1.807) is 11.0 Å². The number of likely N-dealkylation sites (tertiary alicyclic amines) is 1. The summed E-state index contributed by atoms with van der Waals surface area (Å²) in [7, 11) is -3.45. The van der Waals surface area contributed by atoms with E-state index in [1.165, 1.54) is 10.5 Å². The molecule has 2 aliphatic heterocycles. The van der Waals surface area contributed by atoms with Crippen molar-refractivity contribution in [3.05, 3.63) is 23.5 Å². The van der Waals surface area contributed by atoms with Crippen molar-refractivity contribution in [2.45, 2.75) is 31.4 Å². The Bertz CT molecular complexity index is 968. The van der Waals surface area contributed by atoms with Crippen molar-refractivity contribution >= 4 is 27.0 Å². The van der Waals surface area contributed by atoms with Crippen LogP contribution in [0.4, 0.5) is 0 Å². The number of amides is 1. The first kappa shape index (κ1) is 19.3. The van der Waals surface area contributed by atoms with Gasteiger partial charge < -0.3 is 14.2 Å². The van der Waals surface area contributed by atoms with Gasteiger partial charge >= 0.3 is 0 Å². The fourth-order valence-electron chi connectivity index (χ4n) is 3.81. The summed E-state index contributed by atoms with van der Waals surface area (Å²) in [4.78, 5) is 18.8. The van der Waals surface area contributed by atoms with Crippen molar-refractivity contribution in [2.75, 3.05) is 39.4 Å². The molecule has 2 aliphatic rings. The van der Waals surface area contributed by atoms with Crippen molar-refractivity contribution in [3.63, 3.8) is 0 Å². The number of pyridine rings is 1. The molecule has 0 aliphatic carbocycles. The first-order valence-electron chi connectivity index (χ1n) is 9.61. The lowest BCUT2D eigenvalue weighted by molar-refractivity contribution is 0.0685. The van der Waals surface area contributed by atoms with Gasteiger partial charge in [-0.3, -0.25) is 4.79 Å². The molecule has 4 rings (SSSR count). The minimum atomic E-state index is -3.45. The van der Waals surface area contributed by atoms with Crippen molar-refractivity contribution in [3.8, 4) is 0 Å². The van der Waals surface area contributed by atoms with Crippen LogP contribution in [0.3, 0.4) is 0 Å². The summed E-state index contributed by atoms with van der Waals surface area (Å²) < 4.78 is 37.9. The van der Waals surface area contributed by atoms with Crippen LogP contribution in [0.1, 0.15) is 35.8 Å². The van der Waals surface area contributed by atoms with Crippen molar-refractivity contribution in [1.82, 2.24) is 19.3 Å². The number of ether oxygens (including phenoxy) is 1.